The second-order valence-corrected chi connectivity index (χ2v) is 7.77. The lowest BCUT2D eigenvalue weighted by molar-refractivity contribution is 0.482. The summed E-state index contributed by atoms with van der Waals surface area (Å²) in [6.07, 6.45) is 4.52. The summed E-state index contributed by atoms with van der Waals surface area (Å²) in [5.41, 5.74) is -0.0269. The number of nitrogens with zero attached hydrogens (tertiary/aromatic N) is 3. The van der Waals surface area contributed by atoms with Crippen molar-refractivity contribution in [1.82, 2.24) is 14.5 Å². The van der Waals surface area contributed by atoms with E-state index in [1.54, 1.807) is 0 Å². The highest BCUT2D eigenvalue weighted by Crippen LogP contribution is 2.39. The molecule has 8 heteroatoms. The second-order valence-electron chi connectivity index (χ2n) is 5.45. The number of pyridine rings is 1. The van der Waals surface area contributed by atoms with E-state index in [-0.39, 0.29) is 21.8 Å². The van der Waals surface area contributed by atoms with Gasteiger partial charge in [-0.05, 0) is 31.7 Å². The standard InChI is InChI=1S/C13H14ClN3O3S/c1-7(8-3-4-8)17-11-9(5-10(14)12(17)18)6-15-13(16-11)21(2,19)20/h5-8H,3-4H2,1-2H3. The van der Waals surface area contributed by atoms with Gasteiger partial charge < -0.3 is 0 Å². The lowest BCUT2D eigenvalue weighted by Gasteiger charge is -2.17. The van der Waals surface area contributed by atoms with Crippen LogP contribution in [0, 0.1) is 5.92 Å². The highest BCUT2D eigenvalue weighted by atomic mass is 35.5. The van der Waals surface area contributed by atoms with E-state index < -0.39 is 9.84 Å². The van der Waals surface area contributed by atoms with Crippen molar-refractivity contribution in [3.63, 3.8) is 0 Å². The van der Waals surface area contributed by atoms with Crippen LogP contribution in [-0.2, 0) is 9.84 Å². The molecule has 6 nitrogen and oxygen atoms in total. The van der Waals surface area contributed by atoms with Crippen molar-refractivity contribution in [2.45, 2.75) is 31.0 Å². The van der Waals surface area contributed by atoms with Crippen LogP contribution in [0.15, 0.2) is 22.2 Å². The van der Waals surface area contributed by atoms with E-state index in [9.17, 15) is 13.2 Å². The normalized spacial score (nSPS) is 17.1. The van der Waals surface area contributed by atoms with Crippen molar-refractivity contribution in [2.75, 3.05) is 6.26 Å². The topological polar surface area (TPSA) is 81.9 Å². The van der Waals surface area contributed by atoms with Gasteiger partial charge in [0.05, 0.1) is 0 Å². The summed E-state index contributed by atoms with van der Waals surface area (Å²) in [7, 11) is -3.53. The molecular weight excluding hydrogens is 314 g/mol. The van der Waals surface area contributed by atoms with Crippen molar-refractivity contribution in [3.8, 4) is 0 Å². The fourth-order valence-corrected chi connectivity index (χ4v) is 3.12. The van der Waals surface area contributed by atoms with Gasteiger partial charge in [0.2, 0.25) is 15.0 Å². The molecule has 1 aliphatic rings. The molecule has 2 aromatic rings. The van der Waals surface area contributed by atoms with Crippen molar-refractivity contribution in [3.05, 3.63) is 27.6 Å². The predicted molar refractivity (Wildman–Crippen MR) is 79.4 cm³/mol. The second kappa shape index (κ2) is 4.78. The zero-order valence-corrected chi connectivity index (χ0v) is 13.1. The van der Waals surface area contributed by atoms with Gasteiger partial charge >= 0.3 is 0 Å². The summed E-state index contributed by atoms with van der Waals surface area (Å²) >= 11 is 5.98. The number of aromatic nitrogens is 3. The molecule has 1 unspecified atom stereocenters. The van der Waals surface area contributed by atoms with Gasteiger partial charge in [-0.25, -0.2) is 13.4 Å². The Bertz CT molecular complexity index is 887. The molecule has 0 aliphatic heterocycles. The minimum atomic E-state index is -3.53. The first-order valence-corrected chi connectivity index (χ1v) is 8.84. The number of halogens is 1. The van der Waals surface area contributed by atoms with Crippen LogP contribution in [0.4, 0.5) is 0 Å². The van der Waals surface area contributed by atoms with Gasteiger partial charge in [0.25, 0.3) is 5.56 Å². The van der Waals surface area contributed by atoms with Gasteiger partial charge in [-0.3, -0.25) is 9.36 Å². The summed E-state index contributed by atoms with van der Waals surface area (Å²) in [6.45, 7) is 1.93. The minimum Gasteiger partial charge on any atom is -0.288 e. The van der Waals surface area contributed by atoms with Crippen LogP contribution in [0.2, 0.25) is 5.02 Å². The molecule has 0 saturated heterocycles. The Hall–Kier alpha value is -1.47. The van der Waals surface area contributed by atoms with E-state index in [2.05, 4.69) is 9.97 Å². The largest absolute Gasteiger partial charge is 0.288 e. The lowest BCUT2D eigenvalue weighted by Crippen LogP contribution is -2.26. The van der Waals surface area contributed by atoms with Gasteiger partial charge in [-0.1, -0.05) is 11.6 Å². The molecule has 3 rings (SSSR count). The Labute approximate surface area is 126 Å². The van der Waals surface area contributed by atoms with E-state index in [0.717, 1.165) is 19.1 Å². The van der Waals surface area contributed by atoms with Crippen LogP contribution in [0.3, 0.4) is 0 Å². The molecule has 112 valence electrons. The van der Waals surface area contributed by atoms with E-state index in [1.807, 2.05) is 6.92 Å². The van der Waals surface area contributed by atoms with Crippen molar-refractivity contribution in [1.29, 1.82) is 0 Å². The SMILES string of the molecule is CC(C1CC1)n1c(=O)c(Cl)cc2cnc(S(C)(=O)=O)nc21. The van der Waals surface area contributed by atoms with E-state index >= 15 is 0 Å². The molecule has 0 bridgehead atoms. The van der Waals surface area contributed by atoms with Crippen LogP contribution in [-0.4, -0.2) is 29.2 Å². The highest BCUT2D eigenvalue weighted by Gasteiger charge is 2.31. The third-order valence-electron chi connectivity index (χ3n) is 3.75. The molecule has 0 aromatic carbocycles. The number of sulfone groups is 1. The summed E-state index contributed by atoms with van der Waals surface area (Å²) in [4.78, 5) is 20.3. The number of hydrogen-bond acceptors (Lipinski definition) is 5. The third-order valence-corrected chi connectivity index (χ3v) is 4.88. The van der Waals surface area contributed by atoms with E-state index in [1.165, 1.54) is 16.8 Å². The Morgan fingerprint density at radius 3 is 2.67 bits per heavy atom. The molecule has 0 N–H and O–H groups in total. The van der Waals surface area contributed by atoms with Crippen LogP contribution in [0.1, 0.15) is 25.8 Å². The van der Waals surface area contributed by atoms with Gasteiger partial charge in [0, 0.05) is 23.9 Å². The summed E-state index contributed by atoms with van der Waals surface area (Å²) < 4.78 is 24.7. The number of fused-ring (bicyclic) bond motifs is 1. The quantitative estimate of drug-likeness (QED) is 0.803. The van der Waals surface area contributed by atoms with Gasteiger partial charge in [0.15, 0.2) is 0 Å². The molecule has 21 heavy (non-hydrogen) atoms. The van der Waals surface area contributed by atoms with Crippen molar-refractivity contribution < 1.29 is 8.42 Å². The average Bonchev–Trinajstić information content (AvgIpc) is 3.22. The number of rotatable bonds is 3. The molecule has 1 fully saturated rings. The molecule has 1 saturated carbocycles. The first-order valence-electron chi connectivity index (χ1n) is 6.57. The molecule has 2 heterocycles. The van der Waals surface area contributed by atoms with Gasteiger partial charge in [0.1, 0.15) is 10.7 Å². The molecule has 0 radical (unpaired) electrons. The van der Waals surface area contributed by atoms with Crippen molar-refractivity contribution >= 4 is 32.5 Å². The Morgan fingerprint density at radius 1 is 1.43 bits per heavy atom. The van der Waals surface area contributed by atoms with Crippen LogP contribution in [0.25, 0.3) is 11.0 Å². The zero-order valence-electron chi connectivity index (χ0n) is 11.6. The summed E-state index contributed by atoms with van der Waals surface area (Å²) in [6, 6.07) is 1.41. The summed E-state index contributed by atoms with van der Waals surface area (Å²) in [5, 5.41) is 0.360. The highest BCUT2D eigenvalue weighted by molar-refractivity contribution is 7.90. The van der Waals surface area contributed by atoms with Gasteiger partial charge in [-0.2, -0.15) is 4.98 Å². The summed E-state index contributed by atoms with van der Waals surface area (Å²) in [5.74, 6) is 0.404. The van der Waals surface area contributed by atoms with Crippen LogP contribution >= 0.6 is 11.6 Å². The van der Waals surface area contributed by atoms with E-state index in [0.29, 0.717) is 17.0 Å². The zero-order chi connectivity index (χ0) is 15.4. The van der Waals surface area contributed by atoms with Crippen LogP contribution < -0.4 is 5.56 Å². The molecule has 1 atom stereocenters. The maximum Gasteiger partial charge on any atom is 0.271 e. The van der Waals surface area contributed by atoms with Crippen LogP contribution in [0.5, 0.6) is 0 Å². The molecule has 1 aliphatic carbocycles. The Balaban J connectivity index is 2.35. The van der Waals surface area contributed by atoms with Crippen molar-refractivity contribution in [2.24, 2.45) is 5.92 Å². The molecule has 2 aromatic heterocycles. The maximum absolute atomic E-state index is 12.3. The fraction of sp³-hybridized carbons (Fsp3) is 0.462. The smallest absolute Gasteiger partial charge is 0.271 e. The minimum absolute atomic E-state index is 0.0685. The third kappa shape index (κ3) is 2.55. The van der Waals surface area contributed by atoms with E-state index in [4.69, 9.17) is 11.6 Å². The Morgan fingerprint density at radius 2 is 2.10 bits per heavy atom. The first-order chi connectivity index (χ1) is 9.79. The number of hydrogen-bond donors (Lipinski definition) is 0. The molecule has 0 amide bonds. The monoisotopic (exact) mass is 327 g/mol. The molecule has 0 spiro atoms. The lowest BCUT2D eigenvalue weighted by atomic mass is 10.2. The first kappa shape index (κ1) is 14.5. The Kier molecular flexibility index (Phi) is 3.29. The fourth-order valence-electron chi connectivity index (χ4n) is 2.42. The maximum atomic E-state index is 12.3. The predicted octanol–water partition coefficient (Wildman–Crippen LogP) is 1.82. The average molecular weight is 328 g/mol. The van der Waals surface area contributed by atoms with Gasteiger partial charge in [-0.15, -0.1) is 0 Å². The molecular formula is C13H14ClN3O3S.